The van der Waals surface area contributed by atoms with E-state index in [4.69, 9.17) is 10.5 Å². The Balaban J connectivity index is 1.80. The Bertz CT molecular complexity index is 554. The maximum absolute atomic E-state index is 12.0. The van der Waals surface area contributed by atoms with E-state index in [1.54, 1.807) is 17.1 Å². The zero-order valence-electron chi connectivity index (χ0n) is 11.9. The number of hydrogen-bond acceptors (Lipinski definition) is 4. The van der Waals surface area contributed by atoms with E-state index in [0.29, 0.717) is 31.9 Å². The summed E-state index contributed by atoms with van der Waals surface area (Å²) in [5.41, 5.74) is 6.78. The third-order valence-electron chi connectivity index (χ3n) is 2.88. The number of nitrogens with two attached hydrogens (primary N) is 1. The minimum Gasteiger partial charge on any atom is -0.380 e. The second kappa shape index (κ2) is 8.18. The predicted molar refractivity (Wildman–Crippen MR) is 80.4 cm³/mol. The van der Waals surface area contributed by atoms with Gasteiger partial charge >= 0.3 is 0 Å². The fourth-order valence-corrected chi connectivity index (χ4v) is 1.83. The van der Waals surface area contributed by atoms with Gasteiger partial charge in [-0.1, -0.05) is 18.2 Å². The molecule has 0 aliphatic carbocycles. The van der Waals surface area contributed by atoms with Crippen molar-refractivity contribution in [2.24, 2.45) is 5.73 Å². The van der Waals surface area contributed by atoms with E-state index in [2.05, 4.69) is 10.4 Å². The molecule has 0 saturated heterocycles. The molecule has 0 unspecified atom stereocenters. The number of ether oxygens (including phenoxy) is 1. The van der Waals surface area contributed by atoms with Gasteiger partial charge in [0.15, 0.2) is 0 Å². The molecule has 1 aromatic heterocycles. The lowest BCUT2D eigenvalue weighted by atomic mass is 10.3. The summed E-state index contributed by atoms with van der Waals surface area (Å²) in [7, 11) is 0. The molecule has 1 amide bonds. The first-order valence-corrected chi connectivity index (χ1v) is 6.97. The van der Waals surface area contributed by atoms with Crippen molar-refractivity contribution in [3.8, 4) is 5.69 Å². The zero-order chi connectivity index (χ0) is 14.9. The van der Waals surface area contributed by atoms with Gasteiger partial charge in [-0.15, -0.1) is 0 Å². The van der Waals surface area contributed by atoms with E-state index in [1.165, 1.54) is 0 Å². The third-order valence-corrected chi connectivity index (χ3v) is 2.88. The standard InChI is InChI=1S/C15H20N4O2/c16-7-10-21-9-4-8-17-15(20)13-11-18-19(12-13)14-5-2-1-3-6-14/h1-3,5-6,11-12H,4,7-10,16H2,(H,17,20). The van der Waals surface area contributed by atoms with E-state index < -0.39 is 0 Å². The SMILES string of the molecule is NCCOCCCNC(=O)c1cnn(-c2ccccc2)c1. The molecule has 1 heterocycles. The Morgan fingerprint density at radius 3 is 2.86 bits per heavy atom. The molecule has 1 aromatic carbocycles. The van der Waals surface area contributed by atoms with E-state index in [-0.39, 0.29) is 5.91 Å². The molecule has 2 rings (SSSR count). The molecular formula is C15H20N4O2. The monoisotopic (exact) mass is 288 g/mol. The van der Waals surface area contributed by atoms with Crippen molar-refractivity contribution < 1.29 is 9.53 Å². The lowest BCUT2D eigenvalue weighted by Crippen LogP contribution is -2.25. The second-order valence-electron chi connectivity index (χ2n) is 4.52. The van der Waals surface area contributed by atoms with Gasteiger partial charge in [0.1, 0.15) is 0 Å². The molecule has 6 heteroatoms. The fourth-order valence-electron chi connectivity index (χ4n) is 1.83. The van der Waals surface area contributed by atoms with Crippen LogP contribution in [0.5, 0.6) is 0 Å². The Kier molecular flexibility index (Phi) is 5.93. The van der Waals surface area contributed by atoms with Crippen molar-refractivity contribution >= 4 is 5.91 Å². The highest BCUT2D eigenvalue weighted by Gasteiger charge is 2.08. The molecule has 0 aliphatic heterocycles. The van der Waals surface area contributed by atoms with E-state index in [0.717, 1.165) is 12.1 Å². The molecule has 0 spiro atoms. The van der Waals surface area contributed by atoms with Gasteiger partial charge in [0.25, 0.3) is 5.91 Å². The van der Waals surface area contributed by atoms with Gasteiger partial charge in [-0.25, -0.2) is 4.68 Å². The first-order valence-electron chi connectivity index (χ1n) is 6.97. The minimum atomic E-state index is -0.129. The molecule has 0 fully saturated rings. The molecule has 3 N–H and O–H groups in total. The number of aromatic nitrogens is 2. The topological polar surface area (TPSA) is 82.2 Å². The van der Waals surface area contributed by atoms with Crippen molar-refractivity contribution in [2.75, 3.05) is 26.3 Å². The normalized spacial score (nSPS) is 10.5. The van der Waals surface area contributed by atoms with Crippen LogP contribution < -0.4 is 11.1 Å². The number of hydrogen-bond donors (Lipinski definition) is 2. The molecule has 0 saturated carbocycles. The van der Waals surface area contributed by atoms with Crippen LogP contribution in [0.4, 0.5) is 0 Å². The van der Waals surface area contributed by atoms with Crippen LogP contribution in [-0.2, 0) is 4.74 Å². The number of carbonyl (C=O) groups excluding carboxylic acids is 1. The van der Waals surface area contributed by atoms with Crippen LogP contribution in [-0.4, -0.2) is 42.0 Å². The molecule has 112 valence electrons. The lowest BCUT2D eigenvalue weighted by molar-refractivity contribution is 0.0943. The van der Waals surface area contributed by atoms with Gasteiger partial charge in [-0.3, -0.25) is 4.79 Å². The molecule has 0 atom stereocenters. The smallest absolute Gasteiger partial charge is 0.254 e. The Morgan fingerprint density at radius 2 is 2.10 bits per heavy atom. The highest BCUT2D eigenvalue weighted by Crippen LogP contribution is 2.07. The van der Waals surface area contributed by atoms with Gasteiger partial charge in [0.2, 0.25) is 0 Å². The van der Waals surface area contributed by atoms with Crippen molar-refractivity contribution in [1.82, 2.24) is 15.1 Å². The van der Waals surface area contributed by atoms with Crippen molar-refractivity contribution in [2.45, 2.75) is 6.42 Å². The molecule has 0 aliphatic rings. The quantitative estimate of drug-likeness (QED) is 0.709. The van der Waals surface area contributed by atoms with Crippen LogP contribution in [0.2, 0.25) is 0 Å². The van der Waals surface area contributed by atoms with Crippen LogP contribution in [0.1, 0.15) is 16.8 Å². The van der Waals surface area contributed by atoms with E-state index in [9.17, 15) is 4.79 Å². The Morgan fingerprint density at radius 1 is 1.29 bits per heavy atom. The maximum Gasteiger partial charge on any atom is 0.254 e. The molecule has 0 radical (unpaired) electrons. The van der Waals surface area contributed by atoms with Crippen molar-refractivity contribution in [3.63, 3.8) is 0 Å². The van der Waals surface area contributed by atoms with Crippen LogP contribution in [0.25, 0.3) is 5.69 Å². The first-order chi connectivity index (χ1) is 10.3. The number of benzene rings is 1. The molecule has 0 bridgehead atoms. The summed E-state index contributed by atoms with van der Waals surface area (Å²) in [5, 5.41) is 7.03. The van der Waals surface area contributed by atoms with Gasteiger partial charge in [0.05, 0.1) is 24.1 Å². The number of nitrogens with zero attached hydrogens (tertiary/aromatic N) is 2. The van der Waals surface area contributed by atoms with E-state index >= 15 is 0 Å². The van der Waals surface area contributed by atoms with Crippen LogP contribution in [0.15, 0.2) is 42.7 Å². The number of carbonyl (C=O) groups is 1. The average Bonchev–Trinajstić information content (AvgIpc) is 3.01. The number of para-hydroxylation sites is 1. The first kappa shape index (κ1) is 15.2. The number of rotatable bonds is 8. The summed E-state index contributed by atoms with van der Waals surface area (Å²) in [6.07, 6.45) is 4.04. The number of amides is 1. The summed E-state index contributed by atoms with van der Waals surface area (Å²) in [5.74, 6) is -0.129. The summed E-state index contributed by atoms with van der Waals surface area (Å²) in [4.78, 5) is 12.0. The van der Waals surface area contributed by atoms with Gasteiger partial charge in [-0.05, 0) is 18.6 Å². The Labute approximate surface area is 123 Å². The van der Waals surface area contributed by atoms with Gasteiger partial charge < -0.3 is 15.8 Å². The number of nitrogens with one attached hydrogen (secondary N) is 1. The van der Waals surface area contributed by atoms with Gasteiger partial charge in [0, 0.05) is 25.9 Å². The summed E-state index contributed by atoms with van der Waals surface area (Å²) in [6.45, 7) is 2.24. The average molecular weight is 288 g/mol. The molecule has 2 aromatic rings. The maximum atomic E-state index is 12.0. The van der Waals surface area contributed by atoms with Crippen LogP contribution in [0, 0.1) is 0 Å². The molecule has 21 heavy (non-hydrogen) atoms. The second-order valence-corrected chi connectivity index (χ2v) is 4.52. The molecule has 6 nitrogen and oxygen atoms in total. The minimum absolute atomic E-state index is 0.129. The fraction of sp³-hybridized carbons (Fsp3) is 0.333. The molecular weight excluding hydrogens is 268 g/mol. The Hall–Kier alpha value is -2.18. The summed E-state index contributed by atoms with van der Waals surface area (Å²) >= 11 is 0. The largest absolute Gasteiger partial charge is 0.380 e. The third kappa shape index (κ3) is 4.70. The van der Waals surface area contributed by atoms with Crippen molar-refractivity contribution in [1.29, 1.82) is 0 Å². The zero-order valence-corrected chi connectivity index (χ0v) is 11.9. The highest BCUT2D eigenvalue weighted by molar-refractivity contribution is 5.93. The van der Waals surface area contributed by atoms with E-state index in [1.807, 2.05) is 30.3 Å². The lowest BCUT2D eigenvalue weighted by Gasteiger charge is -2.04. The van der Waals surface area contributed by atoms with Crippen molar-refractivity contribution in [3.05, 3.63) is 48.3 Å². The summed E-state index contributed by atoms with van der Waals surface area (Å²) < 4.78 is 6.92. The van der Waals surface area contributed by atoms with Gasteiger partial charge in [-0.2, -0.15) is 5.10 Å². The van der Waals surface area contributed by atoms with Crippen LogP contribution in [0.3, 0.4) is 0 Å². The highest BCUT2D eigenvalue weighted by atomic mass is 16.5. The van der Waals surface area contributed by atoms with Crippen LogP contribution >= 0.6 is 0 Å². The summed E-state index contributed by atoms with van der Waals surface area (Å²) in [6, 6.07) is 9.66. The predicted octanol–water partition coefficient (Wildman–Crippen LogP) is 0.968.